The van der Waals surface area contributed by atoms with Crippen LogP contribution in [-0.2, 0) is 5.54 Å². The first-order valence-corrected chi connectivity index (χ1v) is 5.70. The molecule has 1 aliphatic heterocycles. The van der Waals surface area contributed by atoms with E-state index in [4.69, 9.17) is 0 Å². The quantitative estimate of drug-likeness (QED) is 0.782. The van der Waals surface area contributed by atoms with Crippen molar-refractivity contribution in [2.45, 2.75) is 26.3 Å². The molecule has 0 amide bonds. The Morgan fingerprint density at radius 1 is 1.41 bits per heavy atom. The van der Waals surface area contributed by atoms with Gasteiger partial charge in [0.1, 0.15) is 5.82 Å². The summed E-state index contributed by atoms with van der Waals surface area (Å²) in [6, 6.07) is 2.02. The summed E-state index contributed by atoms with van der Waals surface area (Å²) in [4.78, 5) is 6.30. The Bertz CT molecular complexity index is 474. The average molecular weight is 230 g/mol. The molecule has 2 rings (SSSR count). The van der Waals surface area contributed by atoms with Crippen LogP contribution in [0, 0.1) is 0 Å². The van der Waals surface area contributed by atoms with E-state index in [1.807, 2.05) is 35.4 Å². The molecule has 0 N–H and O–H groups in total. The molecule has 0 saturated carbocycles. The number of allylic oxidation sites excluding steroid dienone is 1. The van der Waals surface area contributed by atoms with Crippen molar-refractivity contribution < 1.29 is 0 Å². The first-order chi connectivity index (χ1) is 8.04. The van der Waals surface area contributed by atoms with E-state index >= 15 is 0 Å². The first-order valence-electron chi connectivity index (χ1n) is 5.70. The zero-order chi connectivity index (χ0) is 12.5. The second-order valence-electron chi connectivity index (χ2n) is 4.97. The summed E-state index contributed by atoms with van der Waals surface area (Å²) in [6.45, 7) is 11.0. The van der Waals surface area contributed by atoms with Crippen molar-refractivity contribution in [3.63, 3.8) is 0 Å². The molecule has 0 saturated heterocycles. The molecule has 0 atom stereocenters. The molecular formula is C13H18N4. The van der Waals surface area contributed by atoms with Crippen LogP contribution in [0.15, 0.2) is 41.8 Å². The van der Waals surface area contributed by atoms with Gasteiger partial charge in [0.15, 0.2) is 0 Å². The maximum atomic E-state index is 4.40. The lowest BCUT2D eigenvalue weighted by Gasteiger charge is -2.30. The van der Waals surface area contributed by atoms with Gasteiger partial charge in [-0.15, -0.1) is 0 Å². The van der Waals surface area contributed by atoms with Crippen LogP contribution in [0.3, 0.4) is 0 Å². The highest BCUT2D eigenvalue weighted by molar-refractivity contribution is 5.71. The Kier molecular flexibility index (Phi) is 2.88. The highest BCUT2D eigenvalue weighted by atomic mass is 15.4. The monoisotopic (exact) mass is 230 g/mol. The summed E-state index contributed by atoms with van der Waals surface area (Å²) in [6.07, 6.45) is 7.34. The molecule has 0 radical (unpaired) electrons. The minimum absolute atomic E-state index is 0.0420. The SMILES string of the molecule is C=CC1=CN=CCN1c1ccnn1C(C)(C)C. The molecule has 17 heavy (non-hydrogen) atoms. The number of hydrogen-bond donors (Lipinski definition) is 0. The molecule has 0 unspecified atom stereocenters. The molecule has 1 aromatic heterocycles. The highest BCUT2D eigenvalue weighted by Gasteiger charge is 2.22. The lowest BCUT2D eigenvalue weighted by Crippen LogP contribution is -2.33. The molecule has 4 heteroatoms. The molecular weight excluding hydrogens is 212 g/mol. The van der Waals surface area contributed by atoms with Gasteiger partial charge in [-0.2, -0.15) is 5.10 Å². The topological polar surface area (TPSA) is 33.4 Å². The lowest BCUT2D eigenvalue weighted by molar-refractivity contribution is 0.357. The predicted octanol–water partition coefficient (Wildman–Crippen LogP) is 2.56. The Hall–Kier alpha value is -1.84. The second-order valence-corrected chi connectivity index (χ2v) is 4.97. The molecule has 0 bridgehead atoms. The van der Waals surface area contributed by atoms with E-state index in [-0.39, 0.29) is 5.54 Å². The van der Waals surface area contributed by atoms with Gasteiger partial charge in [0, 0.05) is 12.3 Å². The van der Waals surface area contributed by atoms with Crippen molar-refractivity contribution in [3.05, 3.63) is 36.8 Å². The maximum Gasteiger partial charge on any atom is 0.132 e. The molecule has 1 aromatic rings. The maximum absolute atomic E-state index is 4.40. The Morgan fingerprint density at radius 2 is 2.18 bits per heavy atom. The number of aromatic nitrogens is 2. The van der Waals surface area contributed by atoms with E-state index in [0.717, 1.165) is 18.1 Å². The van der Waals surface area contributed by atoms with E-state index in [1.54, 1.807) is 0 Å². The summed E-state index contributed by atoms with van der Waals surface area (Å²) >= 11 is 0. The number of nitrogens with zero attached hydrogens (tertiary/aromatic N) is 4. The number of anilines is 1. The van der Waals surface area contributed by atoms with Crippen molar-refractivity contribution in [2.75, 3.05) is 11.4 Å². The zero-order valence-electron chi connectivity index (χ0n) is 10.6. The molecule has 0 spiro atoms. The average Bonchev–Trinajstić information content (AvgIpc) is 2.77. The summed E-state index contributed by atoms with van der Waals surface area (Å²) < 4.78 is 2.02. The number of hydrogen-bond acceptors (Lipinski definition) is 3. The van der Waals surface area contributed by atoms with Crippen LogP contribution in [0.1, 0.15) is 20.8 Å². The molecule has 2 heterocycles. The standard InChI is InChI=1S/C13H18N4/c1-5-11-10-14-8-9-16(11)12-6-7-15-17(12)13(2,3)4/h5-8,10H,1,9H2,2-4H3. The van der Waals surface area contributed by atoms with Gasteiger partial charge < -0.3 is 4.90 Å². The number of aliphatic imine (C=N–C) groups is 1. The van der Waals surface area contributed by atoms with Gasteiger partial charge in [-0.05, 0) is 26.8 Å². The van der Waals surface area contributed by atoms with Gasteiger partial charge in [-0.3, -0.25) is 4.99 Å². The van der Waals surface area contributed by atoms with E-state index in [1.165, 1.54) is 0 Å². The molecule has 0 fully saturated rings. The summed E-state index contributed by atoms with van der Waals surface area (Å²) in [5, 5.41) is 4.40. The third-order valence-corrected chi connectivity index (χ3v) is 2.63. The van der Waals surface area contributed by atoms with Gasteiger partial charge in [-0.1, -0.05) is 6.58 Å². The van der Waals surface area contributed by atoms with Crippen LogP contribution in [-0.4, -0.2) is 22.5 Å². The van der Waals surface area contributed by atoms with E-state index in [0.29, 0.717) is 0 Å². The van der Waals surface area contributed by atoms with Crippen LogP contribution in [0.4, 0.5) is 5.82 Å². The lowest BCUT2D eigenvalue weighted by atomic mass is 10.1. The van der Waals surface area contributed by atoms with Crippen molar-refractivity contribution in [3.8, 4) is 0 Å². The van der Waals surface area contributed by atoms with E-state index in [2.05, 4.69) is 42.3 Å². The first kappa shape index (κ1) is 11.6. The van der Waals surface area contributed by atoms with Gasteiger partial charge in [-0.25, -0.2) is 4.68 Å². The summed E-state index contributed by atoms with van der Waals surface area (Å²) in [5.41, 5.74) is 0.957. The minimum Gasteiger partial charge on any atom is -0.320 e. The molecule has 1 aliphatic rings. The largest absolute Gasteiger partial charge is 0.320 e. The van der Waals surface area contributed by atoms with E-state index < -0.39 is 0 Å². The fourth-order valence-electron chi connectivity index (χ4n) is 1.84. The van der Waals surface area contributed by atoms with Gasteiger partial charge in [0.25, 0.3) is 0 Å². The summed E-state index contributed by atoms with van der Waals surface area (Å²) in [5.74, 6) is 1.06. The van der Waals surface area contributed by atoms with Crippen molar-refractivity contribution in [1.29, 1.82) is 0 Å². The van der Waals surface area contributed by atoms with Crippen molar-refractivity contribution >= 4 is 12.0 Å². The van der Waals surface area contributed by atoms with Gasteiger partial charge >= 0.3 is 0 Å². The van der Waals surface area contributed by atoms with Crippen LogP contribution in [0.25, 0.3) is 0 Å². The Balaban J connectivity index is 2.42. The molecule has 0 aromatic carbocycles. The Labute approximate surface area is 102 Å². The van der Waals surface area contributed by atoms with Crippen LogP contribution < -0.4 is 4.90 Å². The van der Waals surface area contributed by atoms with Crippen LogP contribution in [0.5, 0.6) is 0 Å². The second kappa shape index (κ2) is 4.20. The predicted molar refractivity (Wildman–Crippen MR) is 71.3 cm³/mol. The van der Waals surface area contributed by atoms with Crippen LogP contribution >= 0.6 is 0 Å². The van der Waals surface area contributed by atoms with Crippen molar-refractivity contribution in [2.24, 2.45) is 4.99 Å². The van der Waals surface area contributed by atoms with Gasteiger partial charge in [0.2, 0.25) is 0 Å². The highest BCUT2D eigenvalue weighted by Crippen LogP contribution is 2.26. The number of rotatable bonds is 2. The smallest absolute Gasteiger partial charge is 0.132 e. The third kappa shape index (κ3) is 2.16. The zero-order valence-corrected chi connectivity index (χ0v) is 10.6. The third-order valence-electron chi connectivity index (χ3n) is 2.63. The fourth-order valence-corrected chi connectivity index (χ4v) is 1.84. The van der Waals surface area contributed by atoms with E-state index in [9.17, 15) is 0 Å². The minimum atomic E-state index is -0.0420. The Morgan fingerprint density at radius 3 is 2.82 bits per heavy atom. The normalized spacial score (nSPS) is 15.9. The molecule has 4 nitrogen and oxygen atoms in total. The van der Waals surface area contributed by atoms with Crippen LogP contribution in [0.2, 0.25) is 0 Å². The summed E-state index contributed by atoms with van der Waals surface area (Å²) in [7, 11) is 0. The van der Waals surface area contributed by atoms with Crippen molar-refractivity contribution in [1.82, 2.24) is 9.78 Å². The fraction of sp³-hybridized carbons (Fsp3) is 0.385. The molecule has 0 aliphatic carbocycles. The molecule has 90 valence electrons. The van der Waals surface area contributed by atoms with Gasteiger partial charge in [0.05, 0.1) is 30.2 Å².